The Hall–Kier alpha value is -2.47. The van der Waals surface area contributed by atoms with E-state index in [0.29, 0.717) is 25.1 Å². The highest BCUT2D eigenvalue weighted by molar-refractivity contribution is 7.98. The smallest absolute Gasteiger partial charge is 0.252 e. The Morgan fingerprint density at radius 2 is 1.96 bits per heavy atom. The minimum absolute atomic E-state index is 0.0823. The Labute approximate surface area is 157 Å². The minimum atomic E-state index is -0.0923. The van der Waals surface area contributed by atoms with Crippen molar-refractivity contribution in [2.24, 2.45) is 5.92 Å². The van der Waals surface area contributed by atoms with E-state index < -0.39 is 0 Å². The van der Waals surface area contributed by atoms with Crippen LogP contribution in [0.4, 0.5) is 5.69 Å². The molecule has 0 radical (unpaired) electrons. The standard InChI is InChI=1S/C20H22N2O3S/c1-25-16-9-7-15(8-10-16)22-13-14(11-19(22)23)12-21-20(24)17-5-3-4-6-18(17)26-2/h3-10,14H,11-13H2,1-2H3,(H,21,24). The molecule has 2 amide bonds. The van der Waals surface area contributed by atoms with Crippen LogP contribution in [-0.2, 0) is 4.79 Å². The number of carbonyl (C=O) groups is 2. The van der Waals surface area contributed by atoms with Gasteiger partial charge < -0.3 is 15.0 Å². The second kappa shape index (κ2) is 8.27. The van der Waals surface area contributed by atoms with Crippen LogP contribution in [0.25, 0.3) is 0 Å². The number of methoxy groups -OCH3 is 1. The molecule has 2 aromatic rings. The number of anilines is 1. The summed E-state index contributed by atoms with van der Waals surface area (Å²) in [6, 6.07) is 15.0. The van der Waals surface area contributed by atoms with Gasteiger partial charge in [0.15, 0.2) is 0 Å². The highest BCUT2D eigenvalue weighted by atomic mass is 32.2. The third kappa shape index (κ3) is 4.02. The molecule has 26 heavy (non-hydrogen) atoms. The number of amides is 2. The lowest BCUT2D eigenvalue weighted by Crippen LogP contribution is -2.31. The number of carbonyl (C=O) groups excluding carboxylic acids is 2. The number of benzene rings is 2. The number of ether oxygens (including phenoxy) is 1. The topological polar surface area (TPSA) is 58.6 Å². The van der Waals surface area contributed by atoms with Crippen molar-refractivity contribution < 1.29 is 14.3 Å². The molecule has 1 aliphatic rings. The molecular weight excluding hydrogens is 348 g/mol. The van der Waals surface area contributed by atoms with Crippen LogP contribution in [-0.4, -0.2) is 38.3 Å². The van der Waals surface area contributed by atoms with Gasteiger partial charge in [0.1, 0.15) is 5.75 Å². The Kier molecular flexibility index (Phi) is 5.83. The highest BCUT2D eigenvalue weighted by Crippen LogP contribution is 2.26. The van der Waals surface area contributed by atoms with Gasteiger partial charge in [0.25, 0.3) is 5.91 Å². The van der Waals surface area contributed by atoms with E-state index in [0.717, 1.165) is 16.3 Å². The van der Waals surface area contributed by atoms with E-state index in [9.17, 15) is 9.59 Å². The molecule has 6 heteroatoms. The number of nitrogens with one attached hydrogen (secondary N) is 1. The van der Waals surface area contributed by atoms with Crippen molar-refractivity contribution in [2.75, 3.05) is 31.4 Å². The van der Waals surface area contributed by atoms with Gasteiger partial charge in [-0.25, -0.2) is 0 Å². The van der Waals surface area contributed by atoms with Gasteiger partial charge in [-0.1, -0.05) is 12.1 Å². The van der Waals surface area contributed by atoms with Gasteiger partial charge in [-0.2, -0.15) is 0 Å². The molecule has 1 fully saturated rings. The Morgan fingerprint density at radius 1 is 1.23 bits per heavy atom. The van der Waals surface area contributed by atoms with Crippen molar-refractivity contribution >= 4 is 29.3 Å². The third-order valence-corrected chi connectivity index (χ3v) is 5.29. The zero-order chi connectivity index (χ0) is 18.5. The summed E-state index contributed by atoms with van der Waals surface area (Å²) in [4.78, 5) is 27.5. The van der Waals surface area contributed by atoms with Crippen molar-refractivity contribution in [3.63, 3.8) is 0 Å². The molecule has 5 nitrogen and oxygen atoms in total. The van der Waals surface area contributed by atoms with E-state index in [2.05, 4.69) is 5.32 Å². The molecule has 0 aliphatic carbocycles. The first-order valence-corrected chi connectivity index (χ1v) is 9.70. The maximum atomic E-state index is 12.4. The van der Waals surface area contributed by atoms with Crippen molar-refractivity contribution in [3.8, 4) is 5.75 Å². The number of thioether (sulfide) groups is 1. The van der Waals surface area contributed by atoms with Crippen molar-refractivity contribution in [1.29, 1.82) is 0 Å². The summed E-state index contributed by atoms with van der Waals surface area (Å²) >= 11 is 1.55. The van der Waals surface area contributed by atoms with Gasteiger partial charge in [0, 0.05) is 36.0 Å². The van der Waals surface area contributed by atoms with Crippen molar-refractivity contribution in [1.82, 2.24) is 5.32 Å². The zero-order valence-corrected chi connectivity index (χ0v) is 15.7. The lowest BCUT2D eigenvalue weighted by atomic mass is 10.1. The molecule has 0 saturated carbocycles. The summed E-state index contributed by atoms with van der Waals surface area (Å²) in [6.45, 7) is 1.09. The molecule has 1 saturated heterocycles. The Bertz CT molecular complexity index is 792. The predicted molar refractivity (Wildman–Crippen MR) is 104 cm³/mol. The average molecular weight is 370 g/mol. The van der Waals surface area contributed by atoms with E-state index in [4.69, 9.17) is 4.74 Å². The molecule has 0 spiro atoms. The quantitative estimate of drug-likeness (QED) is 0.794. The molecular formula is C20H22N2O3S. The van der Waals surface area contributed by atoms with E-state index in [1.807, 2.05) is 54.8 Å². The number of nitrogens with zero attached hydrogens (tertiary/aromatic N) is 1. The van der Waals surface area contributed by atoms with Crippen LogP contribution in [0.3, 0.4) is 0 Å². The maximum Gasteiger partial charge on any atom is 0.252 e. The fourth-order valence-corrected chi connectivity index (χ4v) is 3.69. The largest absolute Gasteiger partial charge is 0.497 e. The lowest BCUT2D eigenvalue weighted by Gasteiger charge is -2.17. The first-order chi connectivity index (χ1) is 12.6. The van der Waals surface area contributed by atoms with Gasteiger partial charge >= 0.3 is 0 Å². The van der Waals surface area contributed by atoms with Gasteiger partial charge in [-0.3, -0.25) is 9.59 Å². The third-order valence-electron chi connectivity index (χ3n) is 4.49. The van der Waals surface area contributed by atoms with Crippen molar-refractivity contribution in [3.05, 3.63) is 54.1 Å². The van der Waals surface area contributed by atoms with E-state index in [-0.39, 0.29) is 17.7 Å². The average Bonchev–Trinajstić information content (AvgIpc) is 3.06. The van der Waals surface area contributed by atoms with E-state index >= 15 is 0 Å². The van der Waals surface area contributed by atoms with Crippen LogP contribution in [0.15, 0.2) is 53.4 Å². The first-order valence-electron chi connectivity index (χ1n) is 8.48. The molecule has 1 N–H and O–H groups in total. The van der Waals surface area contributed by atoms with E-state index in [1.165, 1.54) is 0 Å². The summed E-state index contributed by atoms with van der Waals surface area (Å²) < 4.78 is 5.15. The van der Waals surface area contributed by atoms with Crippen LogP contribution in [0, 0.1) is 5.92 Å². The lowest BCUT2D eigenvalue weighted by molar-refractivity contribution is -0.117. The molecule has 1 aliphatic heterocycles. The van der Waals surface area contributed by atoms with Crippen molar-refractivity contribution in [2.45, 2.75) is 11.3 Å². The summed E-state index contributed by atoms with van der Waals surface area (Å²) in [7, 11) is 1.62. The summed E-state index contributed by atoms with van der Waals surface area (Å²) in [5.74, 6) is 0.857. The molecule has 1 unspecified atom stereocenters. The second-order valence-corrected chi connectivity index (χ2v) is 7.03. The monoisotopic (exact) mass is 370 g/mol. The fraction of sp³-hybridized carbons (Fsp3) is 0.300. The fourth-order valence-electron chi connectivity index (χ4n) is 3.09. The number of hydrogen-bond donors (Lipinski definition) is 1. The van der Waals surface area contributed by atoms with Gasteiger partial charge in [0.2, 0.25) is 5.91 Å². The van der Waals surface area contributed by atoms with E-state index in [1.54, 1.807) is 23.8 Å². The summed E-state index contributed by atoms with van der Waals surface area (Å²) in [6.07, 6.45) is 2.39. The van der Waals surface area contributed by atoms with Crippen LogP contribution in [0.2, 0.25) is 0 Å². The zero-order valence-electron chi connectivity index (χ0n) is 14.9. The Morgan fingerprint density at radius 3 is 2.65 bits per heavy atom. The SMILES string of the molecule is COc1ccc(N2CC(CNC(=O)c3ccccc3SC)CC2=O)cc1. The normalized spacial score (nSPS) is 16.6. The molecule has 0 aromatic heterocycles. The highest BCUT2D eigenvalue weighted by Gasteiger charge is 2.30. The summed E-state index contributed by atoms with van der Waals surface area (Å²) in [5.41, 5.74) is 1.54. The van der Waals surface area contributed by atoms with Crippen LogP contribution >= 0.6 is 11.8 Å². The van der Waals surface area contributed by atoms with Crippen LogP contribution in [0.5, 0.6) is 5.75 Å². The summed E-state index contributed by atoms with van der Waals surface area (Å²) in [5, 5.41) is 2.98. The number of hydrogen-bond acceptors (Lipinski definition) is 4. The van der Waals surface area contributed by atoms with Crippen LogP contribution < -0.4 is 15.0 Å². The minimum Gasteiger partial charge on any atom is -0.497 e. The first kappa shape index (κ1) is 18.3. The van der Waals surface area contributed by atoms with Gasteiger partial charge in [0.05, 0.1) is 12.7 Å². The molecule has 136 valence electrons. The predicted octanol–water partition coefficient (Wildman–Crippen LogP) is 3.20. The molecule has 3 rings (SSSR count). The second-order valence-electron chi connectivity index (χ2n) is 6.18. The van der Waals surface area contributed by atoms with Gasteiger partial charge in [-0.05, 0) is 42.7 Å². The Balaban J connectivity index is 1.59. The molecule has 0 bridgehead atoms. The molecule has 2 aromatic carbocycles. The van der Waals surface area contributed by atoms with Crippen LogP contribution in [0.1, 0.15) is 16.8 Å². The number of rotatable bonds is 6. The molecule has 1 heterocycles. The van der Waals surface area contributed by atoms with Gasteiger partial charge in [-0.15, -0.1) is 11.8 Å². The molecule has 1 atom stereocenters. The maximum absolute atomic E-state index is 12.4.